The largest absolute Gasteiger partial charge is 0.494 e. The predicted molar refractivity (Wildman–Crippen MR) is 86.3 cm³/mol. The number of rotatable bonds is 2. The lowest BCUT2D eigenvalue weighted by atomic mass is 10.1. The number of nitrogens with zero attached hydrogens (tertiary/aromatic N) is 2. The van der Waals surface area contributed by atoms with E-state index in [1.54, 1.807) is 4.57 Å². The highest BCUT2D eigenvalue weighted by molar-refractivity contribution is 6.10. The van der Waals surface area contributed by atoms with Crippen LogP contribution in [-0.2, 0) is 11.8 Å². The standard InChI is InChI=1S/C18H16N2O2/c1-20-14-10-6-5-9-13(14)16(18(20)21)17-19-11-15(22-17)12-7-3-2-4-8-12/h2-10,15,21H,11H2,1H3/t15-/m1/s1. The summed E-state index contributed by atoms with van der Waals surface area (Å²) in [6.07, 6.45) is -0.0884. The number of aliphatic imine (C=N–C) groups is 1. The zero-order valence-corrected chi connectivity index (χ0v) is 12.2. The normalized spacial score (nSPS) is 17.5. The predicted octanol–water partition coefficient (Wildman–Crippen LogP) is 3.40. The van der Waals surface area contributed by atoms with Gasteiger partial charge in [-0.1, -0.05) is 48.5 Å². The molecule has 1 N–H and O–H groups in total. The van der Waals surface area contributed by atoms with Crippen LogP contribution in [0.4, 0.5) is 0 Å². The molecule has 4 rings (SSSR count). The van der Waals surface area contributed by atoms with Gasteiger partial charge in [0, 0.05) is 12.4 Å². The van der Waals surface area contributed by atoms with Crippen LogP contribution in [-0.4, -0.2) is 22.1 Å². The topological polar surface area (TPSA) is 46.8 Å². The second kappa shape index (κ2) is 4.91. The van der Waals surface area contributed by atoms with Crippen LogP contribution in [0.2, 0.25) is 0 Å². The molecule has 1 aromatic heterocycles. The van der Waals surface area contributed by atoms with Gasteiger partial charge in [0.2, 0.25) is 11.8 Å². The van der Waals surface area contributed by atoms with Crippen LogP contribution in [0.5, 0.6) is 5.88 Å². The van der Waals surface area contributed by atoms with E-state index in [9.17, 15) is 5.11 Å². The van der Waals surface area contributed by atoms with E-state index >= 15 is 0 Å². The van der Waals surface area contributed by atoms with Crippen molar-refractivity contribution in [2.75, 3.05) is 6.54 Å². The molecule has 0 aliphatic carbocycles. The Kier molecular flexibility index (Phi) is 2.89. The Morgan fingerprint density at radius 2 is 1.82 bits per heavy atom. The average Bonchev–Trinajstić information content (AvgIpc) is 3.13. The fourth-order valence-corrected chi connectivity index (χ4v) is 2.94. The Morgan fingerprint density at radius 3 is 2.64 bits per heavy atom. The smallest absolute Gasteiger partial charge is 0.223 e. The Balaban J connectivity index is 1.74. The quantitative estimate of drug-likeness (QED) is 0.787. The first kappa shape index (κ1) is 13.0. The monoisotopic (exact) mass is 292 g/mol. The van der Waals surface area contributed by atoms with Crippen LogP contribution in [0, 0.1) is 0 Å². The second-order valence-corrected chi connectivity index (χ2v) is 5.44. The SMILES string of the molecule is Cn1c(O)c(C2=NC[C@H](c3ccccc3)O2)c2ccccc21. The van der Waals surface area contributed by atoms with Crippen molar-refractivity contribution >= 4 is 16.8 Å². The summed E-state index contributed by atoms with van der Waals surface area (Å²) in [4.78, 5) is 4.51. The van der Waals surface area contributed by atoms with Crippen molar-refractivity contribution in [2.45, 2.75) is 6.10 Å². The van der Waals surface area contributed by atoms with Gasteiger partial charge in [0.25, 0.3) is 0 Å². The summed E-state index contributed by atoms with van der Waals surface area (Å²) in [6, 6.07) is 17.9. The Hall–Kier alpha value is -2.75. The van der Waals surface area contributed by atoms with Gasteiger partial charge in [-0.25, -0.2) is 4.99 Å². The average molecular weight is 292 g/mol. The van der Waals surface area contributed by atoms with E-state index < -0.39 is 0 Å². The maximum Gasteiger partial charge on any atom is 0.223 e. The summed E-state index contributed by atoms with van der Waals surface area (Å²) < 4.78 is 7.77. The third kappa shape index (κ3) is 1.88. The van der Waals surface area contributed by atoms with E-state index in [2.05, 4.69) is 4.99 Å². The molecule has 0 saturated carbocycles. The van der Waals surface area contributed by atoms with E-state index in [0.717, 1.165) is 16.5 Å². The molecule has 4 nitrogen and oxygen atoms in total. The first-order valence-electron chi connectivity index (χ1n) is 7.28. The van der Waals surface area contributed by atoms with Crippen molar-refractivity contribution in [3.05, 3.63) is 65.7 Å². The molecule has 3 aromatic rings. The Morgan fingerprint density at radius 1 is 1.09 bits per heavy atom. The van der Waals surface area contributed by atoms with Gasteiger partial charge in [0.05, 0.1) is 12.1 Å². The number of fused-ring (bicyclic) bond motifs is 1. The fourth-order valence-electron chi connectivity index (χ4n) is 2.94. The second-order valence-electron chi connectivity index (χ2n) is 5.44. The third-order valence-corrected chi connectivity index (χ3v) is 4.12. The molecule has 0 amide bonds. The van der Waals surface area contributed by atoms with Crippen molar-refractivity contribution in [3.8, 4) is 5.88 Å². The lowest BCUT2D eigenvalue weighted by Crippen LogP contribution is -2.06. The summed E-state index contributed by atoms with van der Waals surface area (Å²) >= 11 is 0. The van der Waals surface area contributed by atoms with Gasteiger partial charge < -0.3 is 14.4 Å². The van der Waals surface area contributed by atoms with Crippen LogP contribution in [0.15, 0.2) is 59.6 Å². The van der Waals surface area contributed by atoms with Gasteiger partial charge in [-0.05, 0) is 11.6 Å². The molecule has 110 valence electrons. The molecule has 0 bridgehead atoms. The minimum absolute atomic E-state index is 0.0884. The number of ether oxygens (including phenoxy) is 1. The van der Waals surface area contributed by atoms with Crippen LogP contribution in [0.3, 0.4) is 0 Å². The molecule has 1 atom stereocenters. The molecule has 0 spiro atoms. The zero-order valence-electron chi connectivity index (χ0n) is 12.2. The molecular formula is C18H16N2O2. The first-order valence-corrected chi connectivity index (χ1v) is 7.28. The number of hydrogen-bond donors (Lipinski definition) is 1. The van der Waals surface area contributed by atoms with Crippen LogP contribution in [0.1, 0.15) is 17.2 Å². The van der Waals surface area contributed by atoms with E-state index in [0.29, 0.717) is 18.0 Å². The maximum absolute atomic E-state index is 10.4. The molecule has 0 unspecified atom stereocenters. The number of para-hydroxylation sites is 1. The fraction of sp³-hybridized carbons (Fsp3) is 0.167. The number of benzene rings is 2. The number of aromatic hydroxyl groups is 1. The van der Waals surface area contributed by atoms with E-state index in [1.165, 1.54) is 0 Å². The number of aromatic nitrogens is 1. The lowest BCUT2D eigenvalue weighted by molar-refractivity contribution is 0.230. The first-order chi connectivity index (χ1) is 10.8. The molecule has 2 aromatic carbocycles. The minimum atomic E-state index is -0.0884. The molecule has 4 heteroatoms. The number of aryl methyl sites for hydroxylation is 1. The molecule has 1 aliphatic heterocycles. The van der Waals surface area contributed by atoms with Gasteiger partial charge in [0.15, 0.2) is 0 Å². The highest BCUT2D eigenvalue weighted by Gasteiger charge is 2.28. The van der Waals surface area contributed by atoms with Gasteiger partial charge >= 0.3 is 0 Å². The maximum atomic E-state index is 10.4. The summed E-state index contributed by atoms with van der Waals surface area (Å²) in [6.45, 7) is 0.571. The highest BCUT2D eigenvalue weighted by Crippen LogP contribution is 2.34. The van der Waals surface area contributed by atoms with Gasteiger partial charge in [0.1, 0.15) is 11.7 Å². The van der Waals surface area contributed by atoms with Gasteiger partial charge in [-0.3, -0.25) is 0 Å². The molecular weight excluding hydrogens is 276 g/mol. The highest BCUT2D eigenvalue weighted by atomic mass is 16.5. The lowest BCUT2D eigenvalue weighted by Gasteiger charge is -2.11. The summed E-state index contributed by atoms with van der Waals surface area (Å²) in [5, 5.41) is 11.4. The third-order valence-electron chi connectivity index (χ3n) is 4.12. The van der Waals surface area contributed by atoms with Crippen molar-refractivity contribution in [3.63, 3.8) is 0 Å². The Labute approximate surface area is 128 Å². The van der Waals surface area contributed by atoms with Crippen LogP contribution < -0.4 is 0 Å². The summed E-state index contributed by atoms with van der Waals surface area (Å²) in [7, 11) is 1.84. The van der Waals surface area contributed by atoms with Crippen LogP contribution >= 0.6 is 0 Å². The van der Waals surface area contributed by atoms with E-state index in [4.69, 9.17) is 4.74 Å². The minimum Gasteiger partial charge on any atom is -0.494 e. The molecule has 22 heavy (non-hydrogen) atoms. The molecule has 0 radical (unpaired) electrons. The van der Waals surface area contributed by atoms with E-state index in [1.807, 2.05) is 61.6 Å². The zero-order chi connectivity index (χ0) is 15.1. The molecule has 0 saturated heterocycles. The van der Waals surface area contributed by atoms with Gasteiger partial charge in [-0.15, -0.1) is 0 Å². The summed E-state index contributed by atoms with van der Waals surface area (Å²) in [5.41, 5.74) is 2.74. The molecule has 1 aliphatic rings. The van der Waals surface area contributed by atoms with Crippen molar-refractivity contribution in [1.82, 2.24) is 4.57 Å². The van der Waals surface area contributed by atoms with Crippen molar-refractivity contribution in [2.24, 2.45) is 12.0 Å². The van der Waals surface area contributed by atoms with E-state index in [-0.39, 0.29) is 12.0 Å². The van der Waals surface area contributed by atoms with Crippen molar-refractivity contribution < 1.29 is 9.84 Å². The number of hydrogen-bond acceptors (Lipinski definition) is 3. The van der Waals surface area contributed by atoms with Crippen molar-refractivity contribution in [1.29, 1.82) is 0 Å². The molecule has 0 fully saturated rings. The Bertz CT molecular complexity index is 865. The van der Waals surface area contributed by atoms with Gasteiger partial charge in [-0.2, -0.15) is 0 Å². The molecule has 2 heterocycles. The summed E-state index contributed by atoms with van der Waals surface area (Å²) in [5.74, 6) is 0.705. The van der Waals surface area contributed by atoms with Crippen LogP contribution in [0.25, 0.3) is 10.9 Å².